The number of nitrogens with one attached hydrogen (secondary N) is 1. The molecule has 1 N–H and O–H groups in total. The lowest BCUT2D eigenvalue weighted by Crippen LogP contribution is -2.36. The zero-order valence-electron chi connectivity index (χ0n) is 9.43. The Kier molecular flexibility index (Phi) is 3.56. The van der Waals surface area contributed by atoms with Crippen molar-refractivity contribution in [2.24, 2.45) is 0 Å². The molecule has 0 saturated carbocycles. The van der Waals surface area contributed by atoms with E-state index in [1.807, 2.05) is 13.0 Å². The number of nitrogens with zero attached hydrogens (tertiary/aromatic N) is 2. The molecule has 0 unspecified atom stereocenters. The summed E-state index contributed by atoms with van der Waals surface area (Å²) in [6.07, 6.45) is 5.78. The quantitative estimate of drug-likeness (QED) is 0.819. The molecule has 1 aromatic rings. The van der Waals surface area contributed by atoms with E-state index < -0.39 is 0 Å². The Morgan fingerprint density at radius 3 is 3.25 bits per heavy atom. The summed E-state index contributed by atoms with van der Waals surface area (Å²) in [5, 5.41) is 6.93. The number of hydrogen-bond donors (Lipinski definition) is 1. The molecule has 1 saturated heterocycles. The van der Waals surface area contributed by atoms with Gasteiger partial charge in [-0.3, -0.25) is 9.48 Å². The van der Waals surface area contributed by atoms with Crippen molar-refractivity contribution in [3.63, 3.8) is 0 Å². The van der Waals surface area contributed by atoms with Crippen LogP contribution in [0.4, 0.5) is 0 Å². The predicted molar refractivity (Wildman–Crippen MR) is 58.9 cm³/mol. The molecule has 1 aliphatic rings. The highest BCUT2D eigenvalue weighted by Gasteiger charge is 2.19. The van der Waals surface area contributed by atoms with Crippen LogP contribution in [0.5, 0.6) is 0 Å². The van der Waals surface area contributed by atoms with Crippen LogP contribution in [0.3, 0.4) is 0 Å². The minimum absolute atomic E-state index is 0.0146. The molecule has 0 aromatic carbocycles. The predicted octanol–water partition coefficient (Wildman–Crippen LogP) is 0.739. The van der Waals surface area contributed by atoms with E-state index in [-0.39, 0.29) is 18.1 Å². The van der Waals surface area contributed by atoms with Gasteiger partial charge in [-0.15, -0.1) is 0 Å². The van der Waals surface area contributed by atoms with Gasteiger partial charge >= 0.3 is 0 Å². The summed E-state index contributed by atoms with van der Waals surface area (Å²) < 4.78 is 7.08. The second-order valence-electron chi connectivity index (χ2n) is 4.04. The molecule has 88 valence electrons. The fraction of sp³-hybridized carbons (Fsp3) is 0.636. The lowest BCUT2D eigenvalue weighted by atomic mass is 10.2. The Balaban J connectivity index is 1.79. The summed E-state index contributed by atoms with van der Waals surface area (Å²) in [4.78, 5) is 11.8. The number of ether oxygens (including phenoxy) is 1. The van der Waals surface area contributed by atoms with Crippen LogP contribution in [0, 0.1) is 0 Å². The van der Waals surface area contributed by atoms with Gasteiger partial charge in [0, 0.05) is 25.5 Å². The average molecular weight is 223 g/mol. The maximum absolute atomic E-state index is 11.8. The molecule has 2 heterocycles. The number of hydrogen-bond acceptors (Lipinski definition) is 3. The molecule has 1 amide bonds. The van der Waals surface area contributed by atoms with Crippen LogP contribution in [0.1, 0.15) is 25.8 Å². The van der Waals surface area contributed by atoms with Gasteiger partial charge in [-0.25, -0.2) is 0 Å². The van der Waals surface area contributed by atoms with Crippen LogP contribution in [0.2, 0.25) is 0 Å². The van der Waals surface area contributed by atoms with Crippen LogP contribution < -0.4 is 5.32 Å². The number of amides is 1. The van der Waals surface area contributed by atoms with Crippen molar-refractivity contribution in [2.75, 3.05) is 13.2 Å². The van der Waals surface area contributed by atoms with E-state index >= 15 is 0 Å². The summed E-state index contributed by atoms with van der Waals surface area (Å²) in [6.45, 7) is 3.25. The van der Waals surface area contributed by atoms with E-state index in [0.29, 0.717) is 6.54 Å². The van der Waals surface area contributed by atoms with Crippen molar-refractivity contribution < 1.29 is 9.53 Å². The summed E-state index contributed by atoms with van der Waals surface area (Å²) >= 11 is 0. The van der Waals surface area contributed by atoms with Crippen LogP contribution in [0.15, 0.2) is 18.5 Å². The SMILES string of the molecule is C[C@@H](C(=O)NC[C@H]1CCCO1)n1cccn1. The minimum atomic E-state index is -0.267. The van der Waals surface area contributed by atoms with E-state index in [1.54, 1.807) is 17.1 Å². The molecule has 2 atom stereocenters. The second-order valence-corrected chi connectivity index (χ2v) is 4.04. The minimum Gasteiger partial charge on any atom is -0.376 e. The van der Waals surface area contributed by atoms with Crippen LogP contribution in [-0.4, -0.2) is 34.9 Å². The molecule has 0 spiro atoms. The first-order valence-corrected chi connectivity index (χ1v) is 5.66. The Morgan fingerprint density at radius 2 is 2.62 bits per heavy atom. The molecule has 1 aliphatic heterocycles. The Labute approximate surface area is 94.8 Å². The van der Waals surface area contributed by atoms with Gasteiger partial charge in [0.05, 0.1) is 6.10 Å². The fourth-order valence-corrected chi connectivity index (χ4v) is 1.80. The number of carbonyl (C=O) groups is 1. The molecular weight excluding hydrogens is 206 g/mol. The van der Waals surface area contributed by atoms with Crippen LogP contribution in [0.25, 0.3) is 0 Å². The van der Waals surface area contributed by atoms with E-state index in [0.717, 1.165) is 19.4 Å². The Morgan fingerprint density at radius 1 is 1.75 bits per heavy atom. The van der Waals surface area contributed by atoms with Crippen molar-refractivity contribution in [3.8, 4) is 0 Å². The van der Waals surface area contributed by atoms with E-state index in [4.69, 9.17) is 4.74 Å². The first-order valence-electron chi connectivity index (χ1n) is 5.66. The highest BCUT2D eigenvalue weighted by Crippen LogP contribution is 2.11. The van der Waals surface area contributed by atoms with Crippen molar-refractivity contribution in [3.05, 3.63) is 18.5 Å². The third-order valence-electron chi connectivity index (χ3n) is 2.83. The molecule has 1 aromatic heterocycles. The zero-order valence-corrected chi connectivity index (χ0v) is 9.43. The molecule has 0 bridgehead atoms. The van der Waals surface area contributed by atoms with Gasteiger partial charge in [0.15, 0.2) is 0 Å². The molecule has 1 fully saturated rings. The monoisotopic (exact) mass is 223 g/mol. The highest BCUT2D eigenvalue weighted by molar-refractivity contribution is 5.79. The van der Waals surface area contributed by atoms with Crippen molar-refractivity contribution in [1.82, 2.24) is 15.1 Å². The molecule has 2 rings (SSSR count). The number of rotatable bonds is 4. The summed E-state index contributed by atoms with van der Waals surface area (Å²) in [5.41, 5.74) is 0. The molecule has 0 aliphatic carbocycles. The third kappa shape index (κ3) is 2.61. The van der Waals surface area contributed by atoms with Gasteiger partial charge in [0.2, 0.25) is 5.91 Å². The van der Waals surface area contributed by atoms with Gasteiger partial charge in [-0.2, -0.15) is 5.10 Å². The summed E-state index contributed by atoms with van der Waals surface area (Å²) in [7, 11) is 0. The number of aromatic nitrogens is 2. The van der Waals surface area contributed by atoms with E-state index in [9.17, 15) is 4.79 Å². The Hall–Kier alpha value is -1.36. The van der Waals surface area contributed by atoms with Crippen LogP contribution >= 0.6 is 0 Å². The normalized spacial score (nSPS) is 21.9. The van der Waals surface area contributed by atoms with Crippen molar-refractivity contribution in [1.29, 1.82) is 0 Å². The van der Waals surface area contributed by atoms with Gasteiger partial charge < -0.3 is 10.1 Å². The average Bonchev–Trinajstić information content (AvgIpc) is 2.96. The fourth-order valence-electron chi connectivity index (χ4n) is 1.80. The topological polar surface area (TPSA) is 56.1 Å². The van der Waals surface area contributed by atoms with Crippen molar-refractivity contribution >= 4 is 5.91 Å². The third-order valence-corrected chi connectivity index (χ3v) is 2.83. The maximum atomic E-state index is 11.8. The van der Waals surface area contributed by atoms with Gasteiger partial charge in [0.25, 0.3) is 0 Å². The zero-order chi connectivity index (χ0) is 11.4. The molecule has 16 heavy (non-hydrogen) atoms. The summed E-state index contributed by atoms with van der Waals surface area (Å²) in [6, 6.07) is 1.54. The standard InChI is InChI=1S/C11H17N3O2/c1-9(14-6-3-5-13-14)11(15)12-8-10-4-2-7-16-10/h3,5-6,9-10H,2,4,7-8H2,1H3,(H,12,15)/t9-,10+/m0/s1. The molecule has 0 radical (unpaired) electrons. The lowest BCUT2D eigenvalue weighted by Gasteiger charge is -2.15. The van der Waals surface area contributed by atoms with Gasteiger partial charge in [-0.1, -0.05) is 0 Å². The first-order chi connectivity index (χ1) is 7.77. The molecular formula is C11H17N3O2. The molecule has 5 heteroatoms. The first kappa shape index (κ1) is 11.1. The van der Waals surface area contributed by atoms with Crippen LogP contribution in [-0.2, 0) is 9.53 Å². The van der Waals surface area contributed by atoms with Gasteiger partial charge in [0.1, 0.15) is 6.04 Å². The second kappa shape index (κ2) is 5.12. The highest BCUT2D eigenvalue weighted by atomic mass is 16.5. The molecule has 5 nitrogen and oxygen atoms in total. The Bertz CT molecular complexity index is 331. The van der Waals surface area contributed by atoms with E-state index in [2.05, 4.69) is 10.4 Å². The summed E-state index contributed by atoms with van der Waals surface area (Å²) in [5.74, 6) is -0.0146. The number of carbonyl (C=O) groups excluding carboxylic acids is 1. The smallest absolute Gasteiger partial charge is 0.244 e. The maximum Gasteiger partial charge on any atom is 0.244 e. The lowest BCUT2D eigenvalue weighted by molar-refractivity contribution is -0.124. The largest absolute Gasteiger partial charge is 0.376 e. The van der Waals surface area contributed by atoms with Crippen molar-refractivity contribution in [2.45, 2.75) is 31.9 Å². The van der Waals surface area contributed by atoms with Gasteiger partial charge in [-0.05, 0) is 25.8 Å². The van der Waals surface area contributed by atoms with E-state index in [1.165, 1.54) is 0 Å².